The van der Waals surface area contributed by atoms with E-state index in [1.807, 2.05) is 17.8 Å². The number of ether oxygens (including phenoxy) is 1. The number of hydrogen-bond donors (Lipinski definition) is 0. The van der Waals surface area contributed by atoms with E-state index in [1.54, 1.807) is 13.4 Å². The molecule has 3 rings (SSSR count). The number of methoxy groups -OCH3 is 1. The maximum atomic E-state index is 5.29. The van der Waals surface area contributed by atoms with Crippen LogP contribution in [0.25, 0.3) is 11.2 Å². The highest BCUT2D eigenvalue weighted by molar-refractivity contribution is 7.99. The topological polar surface area (TPSA) is 48.2 Å². The van der Waals surface area contributed by atoms with Gasteiger partial charge in [-0.1, -0.05) is 0 Å². The van der Waals surface area contributed by atoms with Crippen molar-refractivity contribution >= 4 is 23.0 Å². The van der Waals surface area contributed by atoms with Crippen molar-refractivity contribution in [3.63, 3.8) is 0 Å². The van der Waals surface area contributed by atoms with E-state index in [2.05, 4.69) is 9.97 Å². The molecular formula is C11H12N2O2S. The molecule has 0 aromatic carbocycles. The van der Waals surface area contributed by atoms with Gasteiger partial charge in [0.05, 0.1) is 18.6 Å². The largest absolute Gasteiger partial charge is 0.480 e. The Hall–Kier alpha value is -1.23. The molecule has 1 saturated heterocycles. The zero-order valence-electron chi connectivity index (χ0n) is 8.97. The van der Waals surface area contributed by atoms with E-state index in [1.165, 1.54) is 12.2 Å². The lowest BCUT2D eigenvalue weighted by atomic mass is 10.2. The molecule has 2 aromatic rings. The highest BCUT2D eigenvalue weighted by Crippen LogP contribution is 2.42. The van der Waals surface area contributed by atoms with E-state index < -0.39 is 0 Å². The van der Waals surface area contributed by atoms with Crippen molar-refractivity contribution in [3.8, 4) is 5.88 Å². The van der Waals surface area contributed by atoms with E-state index in [-0.39, 0.29) is 0 Å². The zero-order chi connectivity index (χ0) is 11.0. The van der Waals surface area contributed by atoms with Gasteiger partial charge in [-0.3, -0.25) is 0 Å². The Balaban J connectivity index is 2.12. The maximum Gasteiger partial charge on any atom is 0.248 e. The van der Waals surface area contributed by atoms with Crippen molar-refractivity contribution in [2.24, 2.45) is 0 Å². The first-order chi connectivity index (χ1) is 7.88. The van der Waals surface area contributed by atoms with Gasteiger partial charge in [-0.15, -0.1) is 0 Å². The number of aromatic nitrogens is 2. The van der Waals surface area contributed by atoms with Crippen molar-refractivity contribution < 1.29 is 9.15 Å². The minimum atomic E-state index is 0.418. The van der Waals surface area contributed by atoms with Crippen LogP contribution < -0.4 is 4.74 Å². The number of hydrogen-bond acceptors (Lipinski definition) is 5. The van der Waals surface area contributed by atoms with Crippen molar-refractivity contribution in [1.82, 2.24) is 9.97 Å². The molecule has 3 heterocycles. The standard InChI is InChI=1S/C11H12N2O2S/c1-14-11-9(8-3-2-6-16-8)12-7-4-5-15-10(7)13-11/h4-5,8H,2-3,6H2,1H3. The van der Waals surface area contributed by atoms with Crippen LogP contribution >= 0.6 is 11.8 Å². The van der Waals surface area contributed by atoms with Crippen molar-refractivity contribution in [2.45, 2.75) is 18.1 Å². The molecule has 84 valence electrons. The van der Waals surface area contributed by atoms with Gasteiger partial charge in [-0.25, -0.2) is 4.98 Å². The average Bonchev–Trinajstić information content (AvgIpc) is 2.97. The monoisotopic (exact) mass is 236 g/mol. The predicted octanol–water partition coefficient (Wildman–Crippen LogP) is 2.80. The summed E-state index contributed by atoms with van der Waals surface area (Å²) < 4.78 is 10.5. The fourth-order valence-corrected chi connectivity index (χ4v) is 3.21. The molecule has 0 aliphatic carbocycles. The van der Waals surface area contributed by atoms with Gasteiger partial charge in [-0.05, 0) is 18.6 Å². The summed E-state index contributed by atoms with van der Waals surface area (Å²) >= 11 is 1.92. The van der Waals surface area contributed by atoms with Crippen LogP contribution in [0, 0.1) is 0 Å². The summed E-state index contributed by atoms with van der Waals surface area (Å²) in [5, 5.41) is 0.418. The second kappa shape index (κ2) is 3.97. The Morgan fingerprint density at radius 2 is 2.44 bits per heavy atom. The molecule has 0 amide bonds. The highest BCUT2D eigenvalue weighted by atomic mass is 32.2. The lowest BCUT2D eigenvalue weighted by Gasteiger charge is -2.11. The molecule has 1 unspecified atom stereocenters. The molecule has 0 bridgehead atoms. The normalized spacial score (nSPS) is 20.4. The fourth-order valence-electron chi connectivity index (χ4n) is 1.94. The Morgan fingerprint density at radius 3 is 3.19 bits per heavy atom. The van der Waals surface area contributed by atoms with Crippen LogP contribution in [0.2, 0.25) is 0 Å². The van der Waals surface area contributed by atoms with Crippen LogP contribution in [0.1, 0.15) is 23.8 Å². The summed E-state index contributed by atoms with van der Waals surface area (Å²) in [6, 6.07) is 1.84. The van der Waals surface area contributed by atoms with Crippen molar-refractivity contribution in [1.29, 1.82) is 0 Å². The third-order valence-electron chi connectivity index (χ3n) is 2.72. The molecule has 1 aliphatic heterocycles. The van der Waals surface area contributed by atoms with Gasteiger partial charge in [0.1, 0.15) is 11.2 Å². The number of furan rings is 1. The third-order valence-corrected chi connectivity index (χ3v) is 4.10. The zero-order valence-corrected chi connectivity index (χ0v) is 9.79. The molecule has 0 N–H and O–H groups in total. The molecule has 16 heavy (non-hydrogen) atoms. The lowest BCUT2D eigenvalue weighted by molar-refractivity contribution is 0.388. The van der Waals surface area contributed by atoms with Crippen LogP contribution in [0.15, 0.2) is 16.7 Å². The molecule has 5 heteroatoms. The van der Waals surface area contributed by atoms with Gasteiger partial charge in [-0.2, -0.15) is 16.7 Å². The average molecular weight is 236 g/mol. The van der Waals surface area contributed by atoms with E-state index in [0.29, 0.717) is 16.8 Å². The highest BCUT2D eigenvalue weighted by Gasteiger charge is 2.24. The van der Waals surface area contributed by atoms with Gasteiger partial charge in [0.15, 0.2) is 0 Å². The molecule has 1 aliphatic rings. The molecule has 0 saturated carbocycles. The Morgan fingerprint density at radius 1 is 1.50 bits per heavy atom. The van der Waals surface area contributed by atoms with Gasteiger partial charge < -0.3 is 9.15 Å². The second-order valence-electron chi connectivity index (χ2n) is 3.73. The Bertz CT molecular complexity index is 506. The minimum absolute atomic E-state index is 0.418. The first-order valence-corrected chi connectivity index (χ1v) is 6.34. The summed E-state index contributed by atoms with van der Waals surface area (Å²) in [6.45, 7) is 0. The predicted molar refractivity (Wildman–Crippen MR) is 62.8 cm³/mol. The van der Waals surface area contributed by atoms with Gasteiger partial charge in [0.25, 0.3) is 0 Å². The summed E-state index contributed by atoms with van der Waals surface area (Å²) in [6.07, 6.45) is 4.00. The number of thioether (sulfide) groups is 1. The summed E-state index contributed by atoms with van der Waals surface area (Å²) in [7, 11) is 1.63. The third kappa shape index (κ3) is 1.55. The molecule has 1 fully saturated rings. The molecule has 4 nitrogen and oxygen atoms in total. The van der Waals surface area contributed by atoms with Crippen molar-refractivity contribution in [3.05, 3.63) is 18.0 Å². The molecule has 0 spiro atoms. The van der Waals surface area contributed by atoms with Crippen LogP contribution in [-0.2, 0) is 0 Å². The number of rotatable bonds is 2. The van der Waals surface area contributed by atoms with E-state index in [4.69, 9.17) is 9.15 Å². The smallest absolute Gasteiger partial charge is 0.248 e. The van der Waals surface area contributed by atoms with E-state index in [9.17, 15) is 0 Å². The molecule has 1 atom stereocenters. The summed E-state index contributed by atoms with van der Waals surface area (Å²) in [5.74, 6) is 1.79. The van der Waals surface area contributed by atoms with Crippen LogP contribution in [-0.4, -0.2) is 22.8 Å². The van der Waals surface area contributed by atoms with Crippen LogP contribution in [0.4, 0.5) is 0 Å². The van der Waals surface area contributed by atoms with Crippen LogP contribution in [0.5, 0.6) is 5.88 Å². The second-order valence-corrected chi connectivity index (χ2v) is 5.04. The minimum Gasteiger partial charge on any atom is -0.480 e. The van der Waals surface area contributed by atoms with Crippen LogP contribution in [0.3, 0.4) is 0 Å². The number of fused-ring (bicyclic) bond motifs is 1. The van der Waals surface area contributed by atoms with Gasteiger partial charge in [0.2, 0.25) is 11.6 Å². The lowest BCUT2D eigenvalue weighted by Crippen LogP contribution is -2.01. The summed E-state index contributed by atoms with van der Waals surface area (Å²) in [4.78, 5) is 8.92. The maximum absolute atomic E-state index is 5.29. The molecule has 2 aromatic heterocycles. The van der Waals surface area contributed by atoms with Crippen molar-refractivity contribution in [2.75, 3.05) is 12.9 Å². The van der Waals surface area contributed by atoms with Gasteiger partial charge >= 0.3 is 0 Å². The quantitative estimate of drug-likeness (QED) is 0.802. The first kappa shape index (κ1) is 9.96. The molecule has 0 radical (unpaired) electrons. The SMILES string of the molecule is COc1nc2occc2nc1C1CCCS1. The molecular weight excluding hydrogens is 224 g/mol. The summed E-state index contributed by atoms with van der Waals surface area (Å²) in [5.41, 5.74) is 2.31. The van der Waals surface area contributed by atoms with Gasteiger partial charge in [0, 0.05) is 6.07 Å². The Labute approximate surface area is 97.4 Å². The fraction of sp³-hybridized carbons (Fsp3) is 0.455. The number of nitrogens with zero attached hydrogens (tertiary/aromatic N) is 2. The van der Waals surface area contributed by atoms with E-state index >= 15 is 0 Å². The first-order valence-electron chi connectivity index (χ1n) is 5.29. The van der Waals surface area contributed by atoms with E-state index in [0.717, 1.165) is 17.6 Å². The Kier molecular flexibility index (Phi) is 2.47.